The van der Waals surface area contributed by atoms with Crippen LogP contribution in [0.1, 0.15) is 10.6 Å². The maximum absolute atomic E-state index is 11.6. The number of halogens is 2. The molecule has 2 aromatic rings. The van der Waals surface area contributed by atoms with Crippen molar-refractivity contribution in [3.05, 3.63) is 45.0 Å². The number of carbonyl (C=O) groups is 1. The van der Waals surface area contributed by atoms with Crippen LogP contribution in [0.4, 0.5) is 5.82 Å². The molecule has 0 radical (unpaired) electrons. The van der Waals surface area contributed by atoms with Crippen molar-refractivity contribution in [1.29, 1.82) is 0 Å². The number of anilines is 1. The Bertz CT molecular complexity index is 510. The third kappa shape index (κ3) is 2.73. The number of amides is 1. The molecule has 0 bridgehead atoms. The third-order valence-electron chi connectivity index (χ3n) is 1.77. The van der Waals surface area contributed by atoms with E-state index < -0.39 is 0 Å². The minimum Gasteiger partial charge on any atom is -0.440 e. The SMILES string of the molecule is O=C(Nc1ccc(I)cn1)c1ccc(Cl)o1. The quantitative estimate of drug-likeness (QED) is 0.848. The maximum Gasteiger partial charge on any atom is 0.292 e. The Morgan fingerprint density at radius 1 is 1.38 bits per heavy atom. The number of nitrogens with zero attached hydrogens (tertiary/aromatic N) is 1. The molecular formula is C10H6ClIN2O2. The summed E-state index contributed by atoms with van der Waals surface area (Å²) in [4.78, 5) is 15.6. The predicted molar refractivity (Wildman–Crippen MR) is 68.6 cm³/mol. The van der Waals surface area contributed by atoms with E-state index in [1.807, 2.05) is 6.07 Å². The number of pyridine rings is 1. The van der Waals surface area contributed by atoms with Gasteiger partial charge in [0.25, 0.3) is 5.91 Å². The fraction of sp³-hybridized carbons (Fsp3) is 0. The monoisotopic (exact) mass is 348 g/mol. The highest BCUT2D eigenvalue weighted by Crippen LogP contribution is 2.14. The van der Waals surface area contributed by atoms with E-state index in [0.717, 1.165) is 3.57 Å². The Labute approximate surface area is 110 Å². The van der Waals surface area contributed by atoms with Crippen molar-refractivity contribution in [1.82, 2.24) is 4.98 Å². The molecule has 0 atom stereocenters. The molecule has 16 heavy (non-hydrogen) atoms. The lowest BCUT2D eigenvalue weighted by molar-refractivity contribution is 0.0996. The van der Waals surface area contributed by atoms with Crippen LogP contribution in [0.2, 0.25) is 5.22 Å². The van der Waals surface area contributed by atoms with Gasteiger partial charge in [0, 0.05) is 9.77 Å². The highest BCUT2D eigenvalue weighted by Gasteiger charge is 2.10. The van der Waals surface area contributed by atoms with Crippen LogP contribution in [0, 0.1) is 3.57 Å². The standard InChI is InChI=1S/C10H6ClIN2O2/c11-8-3-2-7(16-8)10(15)14-9-4-1-6(12)5-13-9/h1-5H,(H,13,14,15). The zero-order valence-electron chi connectivity index (χ0n) is 7.91. The van der Waals surface area contributed by atoms with Gasteiger partial charge in [-0.05, 0) is 58.5 Å². The molecule has 1 amide bonds. The van der Waals surface area contributed by atoms with E-state index in [9.17, 15) is 4.79 Å². The Morgan fingerprint density at radius 2 is 2.19 bits per heavy atom. The van der Waals surface area contributed by atoms with E-state index in [2.05, 4.69) is 32.9 Å². The summed E-state index contributed by atoms with van der Waals surface area (Å²) in [5.41, 5.74) is 0. The highest BCUT2D eigenvalue weighted by molar-refractivity contribution is 14.1. The third-order valence-corrected chi connectivity index (χ3v) is 2.61. The van der Waals surface area contributed by atoms with Crippen LogP contribution in [-0.2, 0) is 0 Å². The first-order valence-corrected chi connectivity index (χ1v) is 5.79. The van der Waals surface area contributed by atoms with E-state index >= 15 is 0 Å². The lowest BCUT2D eigenvalue weighted by Crippen LogP contribution is -2.11. The number of furan rings is 1. The van der Waals surface area contributed by atoms with Crippen molar-refractivity contribution >= 4 is 45.9 Å². The zero-order chi connectivity index (χ0) is 11.5. The molecule has 6 heteroatoms. The van der Waals surface area contributed by atoms with Gasteiger partial charge in [-0.1, -0.05) is 0 Å². The topological polar surface area (TPSA) is 55.1 Å². The van der Waals surface area contributed by atoms with Crippen LogP contribution < -0.4 is 5.32 Å². The molecular weight excluding hydrogens is 342 g/mol. The maximum atomic E-state index is 11.6. The smallest absolute Gasteiger partial charge is 0.292 e. The molecule has 0 aromatic carbocycles. The summed E-state index contributed by atoms with van der Waals surface area (Å²) in [6.45, 7) is 0. The Balaban J connectivity index is 2.10. The van der Waals surface area contributed by atoms with E-state index in [0.29, 0.717) is 5.82 Å². The van der Waals surface area contributed by atoms with Gasteiger partial charge in [0.1, 0.15) is 5.82 Å². The minimum atomic E-state index is -0.374. The first-order valence-electron chi connectivity index (χ1n) is 4.33. The Kier molecular flexibility index (Phi) is 3.45. The molecule has 1 N–H and O–H groups in total. The van der Waals surface area contributed by atoms with Crippen LogP contribution in [0.15, 0.2) is 34.9 Å². The summed E-state index contributed by atoms with van der Waals surface area (Å²) in [6, 6.07) is 6.57. The summed E-state index contributed by atoms with van der Waals surface area (Å²) < 4.78 is 5.96. The molecule has 82 valence electrons. The summed E-state index contributed by atoms with van der Waals surface area (Å²) in [7, 11) is 0. The molecule has 0 aliphatic carbocycles. The second kappa shape index (κ2) is 4.84. The number of carbonyl (C=O) groups excluding carboxylic acids is 1. The second-order valence-electron chi connectivity index (χ2n) is 2.92. The molecule has 4 nitrogen and oxygen atoms in total. The molecule has 0 fully saturated rings. The minimum absolute atomic E-state index is 0.158. The second-order valence-corrected chi connectivity index (χ2v) is 4.54. The molecule has 0 spiro atoms. The average Bonchev–Trinajstić information content (AvgIpc) is 2.68. The lowest BCUT2D eigenvalue weighted by Gasteiger charge is -2.01. The molecule has 0 aliphatic heterocycles. The number of hydrogen-bond donors (Lipinski definition) is 1. The van der Waals surface area contributed by atoms with Gasteiger partial charge in [-0.3, -0.25) is 4.79 Å². The molecule has 2 rings (SSSR count). The molecule has 0 saturated heterocycles. The molecule has 0 aliphatic rings. The first kappa shape index (κ1) is 11.4. The van der Waals surface area contributed by atoms with Crippen molar-refractivity contribution in [2.45, 2.75) is 0 Å². The predicted octanol–water partition coefficient (Wildman–Crippen LogP) is 3.18. The number of hydrogen-bond acceptors (Lipinski definition) is 3. The molecule has 0 unspecified atom stereocenters. The molecule has 2 heterocycles. The van der Waals surface area contributed by atoms with Crippen LogP contribution in [0.5, 0.6) is 0 Å². The largest absolute Gasteiger partial charge is 0.440 e. The van der Waals surface area contributed by atoms with Gasteiger partial charge >= 0.3 is 0 Å². The van der Waals surface area contributed by atoms with E-state index in [-0.39, 0.29) is 16.9 Å². The van der Waals surface area contributed by atoms with Crippen molar-refractivity contribution in [2.24, 2.45) is 0 Å². The van der Waals surface area contributed by atoms with Gasteiger partial charge in [-0.15, -0.1) is 0 Å². The van der Waals surface area contributed by atoms with Crippen LogP contribution in [0.3, 0.4) is 0 Å². The van der Waals surface area contributed by atoms with Gasteiger partial charge < -0.3 is 9.73 Å². The molecule has 0 saturated carbocycles. The van der Waals surface area contributed by atoms with Crippen LogP contribution in [0.25, 0.3) is 0 Å². The van der Waals surface area contributed by atoms with Gasteiger partial charge in [0.15, 0.2) is 11.0 Å². The van der Waals surface area contributed by atoms with Crippen LogP contribution >= 0.6 is 34.2 Å². The number of nitrogens with one attached hydrogen (secondary N) is 1. The average molecular weight is 349 g/mol. The summed E-state index contributed by atoms with van der Waals surface area (Å²) >= 11 is 7.70. The highest BCUT2D eigenvalue weighted by atomic mass is 127. The van der Waals surface area contributed by atoms with E-state index in [1.165, 1.54) is 12.1 Å². The Morgan fingerprint density at radius 3 is 2.75 bits per heavy atom. The van der Waals surface area contributed by atoms with Gasteiger partial charge in [0.05, 0.1) is 0 Å². The van der Waals surface area contributed by atoms with Crippen molar-refractivity contribution < 1.29 is 9.21 Å². The van der Waals surface area contributed by atoms with Gasteiger partial charge in [-0.2, -0.15) is 0 Å². The van der Waals surface area contributed by atoms with Crippen molar-refractivity contribution in [3.8, 4) is 0 Å². The number of aromatic nitrogens is 1. The van der Waals surface area contributed by atoms with Crippen LogP contribution in [-0.4, -0.2) is 10.9 Å². The Hall–Kier alpha value is -1.08. The summed E-state index contributed by atoms with van der Waals surface area (Å²) in [5.74, 6) is 0.254. The molecule has 2 aromatic heterocycles. The van der Waals surface area contributed by atoms with Gasteiger partial charge in [0.2, 0.25) is 0 Å². The number of rotatable bonds is 2. The fourth-order valence-corrected chi connectivity index (χ4v) is 1.53. The fourth-order valence-electron chi connectivity index (χ4n) is 1.06. The van der Waals surface area contributed by atoms with Crippen molar-refractivity contribution in [3.63, 3.8) is 0 Å². The van der Waals surface area contributed by atoms with Gasteiger partial charge in [-0.25, -0.2) is 4.98 Å². The first-order chi connectivity index (χ1) is 7.65. The zero-order valence-corrected chi connectivity index (χ0v) is 10.8. The lowest BCUT2D eigenvalue weighted by atomic mass is 10.4. The van der Waals surface area contributed by atoms with E-state index in [1.54, 1.807) is 12.3 Å². The normalized spacial score (nSPS) is 10.1. The summed E-state index contributed by atoms with van der Waals surface area (Å²) in [6.07, 6.45) is 1.66. The van der Waals surface area contributed by atoms with E-state index in [4.69, 9.17) is 16.0 Å². The van der Waals surface area contributed by atoms with Crippen molar-refractivity contribution in [2.75, 3.05) is 5.32 Å². The summed E-state index contributed by atoms with van der Waals surface area (Å²) in [5, 5.41) is 2.77.